The van der Waals surface area contributed by atoms with Crippen LogP contribution < -0.4 is 15.4 Å². The number of ether oxygens (including phenoxy) is 1. The summed E-state index contributed by atoms with van der Waals surface area (Å²) in [5.74, 6) is -0.400. The maximum atomic E-state index is 12.3. The van der Waals surface area contributed by atoms with E-state index in [9.17, 15) is 18.4 Å². The fraction of sp³-hybridized carbons (Fsp3) is 0.300. The van der Waals surface area contributed by atoms with Crippen molar-refractivity contribution in [2.45, 2.75) is 33.9 Å². The van der Waals surface area contributed by atoms with Crippen molar-refractivity contribution in [3.8, 4) is 5.75 Å². The van der Waals surface area contributed by atoms with Crippen LogP contribution in [0.25, 0.3) is 0 Å². The van der Waals surface area contributed by atoms with E-state index >= 15 is 0 Å². The van der Waals surface area contributed by atoms with Crippen molar-refractivity contribution in [2.24, 2.45) is 5.41 Å². The van der Waals surface area contributed by atoms with Crippen molar-refractivity contribution in [1.82, 2.24) is 5.32 Å². The second kappa shape index (κ2) is 8.62. The van der Waals surface area contributed by atoms with Gasteiger partial charge in [-0.2, -0.15) is 8.78 Å². The first-order chi connectivity index (χ1) is 12.6. The van der Waals surface area contributed by atoms with E-state index in [0.29, 0.717) is 11.3 Å². The van der Waals surface area contributed by atoms with Crippen molar-refractivity contribution in [3.05, 3.63) is 59.7 Å². The molecule has 0 atom stereocenters. The molecule has 0 radical (unpaired) electrons. The Bertz CT molecular complexity index is 800. The molecule has 2 aromatic rings. The Hall–Kier alpha value is -2.96. The SMILES string of the molecule is CC(C)(C)C(=O)Nc1cccc(C(=O)NCc2ccc(OC(F)F)cc2)c1. The van der Waals surface area contributed by atoms with Crippen molar-refractivity contribution >= 4 is 17.5 Å². The summed E-state index contributed by atoms with van der Waals surface area (Å²) in [6.07, 6.45) is 0. The summed E-state index contributed by atoms with van der Waals surface area (Å²) in [6.45, 7) is 2.76. The lowest BCUT2D eigenvalue weighted by Crippen LogP contribution is -2.28. The number of amides is 2. The first kappa shape index (κ1) is 20.4. The fourth-order valence-electron chi connectivity index (χ4n) is 2.13. The van der Waals surface area contributed by atoms with Gasteiger partial charge in [0.2, 0.25) is 5.91 Å². The predicted molar refractivity (Wildman–Crippen MR) is 98.8 cm³/mol. The van der Waals surface area contributed by atoms with Crippen LogP contribution in [-0.4, -0.2) is 18.4 Å². The summed E-state index contributed by atoms with van der Waals surface area (Å²) in [7, 11) is 0. The van der Waals surface area contributed by atoms with Crippen LogP contribution in [0.4, 0.5) is 14.5 Å². The summed E-state index contributed by atoms with van der Waals surface area (Å²) >= 11 is 0. The van der Waals surface area contributed by atoms with Gasteiger partial charge in [0.15, 0.2) is 0 Å². The van der Waals surface area contributed by atoms with Crippen LogP contribution in [0.1, 0.15) is 36.7 Å². The summed E-state index contributed by atoms with van der Waals surface area (Å²) in [5, 5.41) is 5.52. The molecule has 0 aliphatic carbocycles. The Morgan fingerprint density at radius 2 is 1.74 bits per heavy atom. The normalized spacial score (nSPS) is 11.2. The van der Waals surface area contributed by atoms with Crippen molar-refractivity contribution in [1.29, 1.82) is 0 Å². The van der Waals surface area contributed by atoms with E-state index in [0.717, 1.165) is 5.56 Å². The summed E-state index contributed by atoms with van der Waals surface area (Å²) < 4.78 is 28.5. The molecule has 2 rings (SSSR count). The van der Waals surface area contributed by atoms with Gasteiger partial charge in [0.25, 0.3) is 5.91 Å². The number of nitrogens with one attached hydrogen (secondary N) is 2. The van der Waals surface area contributed by atoms with E-state index in [-0.39, 0.29) is 24.1 Å². The van der Waals surface area contributed by atoms with Crippen LogP contribution in [0.2, 0.25) is 0 Å². The van der Waals surface area contributed by atoms with Crippen LogP contribution in [0.5, 0.6) is 5.75 Å². The van der Waals surface area contributed by atoms with E-state index in [1.165, 1.54) is 12.1 Å². The predicted octanol–water partition coefficient (Wildman–Crippen LogP) is 4.20. The summed E-state index contributed by atoms with van der Waals surface area (Å²) in [4.78, 5) is 24.4. The Labute approximate surface area is 156 Å². The zero-order chi connectivity index (χ0) is 20.0. The van der Waals surface area contributed by atoms with Gasteiger partial charge in [0, 0.05) is 23.2 Å². The molecule has 0 bridgehead atoms. The second-order valence-corrected chi connectivity index (χ2v) is 6.99. The number of carbonyl (C=O) groups is 2. The molecule has 2 amide bonds. The number of alkyl halides is 2. The average Bonchev–Trinajstić information content (AvgIpc) is 2.60. The zero-order valence-electron chi connectivity index (χ0n) is 15.4. The molecule has 7 heteroatoms. The third kappa shape index (κ3) is 6.36. The first-order valence-corrected chi connectivity index (χ1v) is 8.38. The lowest BCUT2D eigenvalue weighted by Gasteiger charge is -2.18. The summed E-state index contributed by atoms with van der Waals surface area (Å²) in [5.41, 5.74) is 1.14. The molecule has 0 unspecified atom stereocenters. The van der Waals surface area contributed by atoms with Gasteiger partial charge >= 0.3 is 6.61 Å². The Balaban J connectivity index is 1.96. The van der Waals surface area contributed by atoms with Gasteiger partial charge in [-0.3, -0.25) is 9.59 Å². The molecule has 2 N–H and O–H groups in total. The van der Waals surface area contributed by atoms with Crippen molar-refractivity contribution in [2.75, 3.05) is 5.32 Å². The lowest BCUT2D eigenvalue weighted by atomic mass is 9.95. The molecule has 0 spiro atoms. The topological polar surface area (TPSA) is 67.4 Å². The minimum Gasteiger partial charge on any atom is -0.435 e. The highest BCUT2D eigenvalue weighted by Gasteiger charge is 2.21. The molecular weight excluding hydrogens is 354 g/mol. The van der Waals surface area contributed by atoms with Gasteiger partial charge in [-0.15, -0.1) is 0 Å². The minimum atomic E-state index is -2.87. The highest BCUT2D eigenvalue weighted by molar-refractivity contribution is 5.98. The third-order valence-electron chi connectivity index (χ3n) is 3.67. The third-order valence-corrected chi connectivity index (χ3v) is 3.67. The smallest absolute Gasteiger partial charge is 0.387 e. The van der Waals surface area contributed by atoms with E-state index in [1.807, 2.05) is 0 Å². The van der Waals surface area contributed by atoms with Crippen LogP contribution in [-0.2, 0) is 11.3 Å². The van der Waals surface area contributed by atoms with E-state index in [4.69, 9.17) is 0 Å². The number of anilines is 1. The molecule has 0 aliphatic rings. The quantitative estimate of drug-likeness (QED) is 0.794. The van der Waals surface area contributed by atoms with Crippen LogP contribution >= 0.6 is 0 Å². The molecule has 0 saturated carbocycles. The molecule has 0 heterocycles. The number of halogens is 2. The molecule has 144 valence electrons. The van der Waals surface area contributed by atoms with Crippen molar-refractivity contribution in [3.63, 3.8) is 0 Å². The number of benzene rings is 2. The van der Waals surface area contributed by atoms with Gasteiger partial charge < -0.3 is 15.4 Å². The van der Waals surface area contributed by atoms with E-state index in [1.54, 1.807) is 57.2 Å². The Morgan fingerprint density at radius 3 is 2.33 bits per heavy atom. The molecular formula is C20H22F2N2O3. The summed E-state index contributed by atoms with van der Waals surface area (Å²) in [6, 6.07) is 12.6. The van der Waals surface area contributed by atoms with E-state index < -0.39 is 12.0 Å². The molecule has 27 heavy (non-hydrogen) atoms. The van der Waals surface area contributed by atoms with E-state index in [2.05, 4.69) is 15.4 Å². The monoisotopic (exact) mass is 376 g/mol. The minimum absolute atomic E-state index is 0.0577. The Kier molecular flexibility index (Phi) is 6.50. The molecule has 0 saturated heterocycles. The Morgan fingerprint density at radius 1 is 1.07 bits per heavy atom. The first-order valence-electron chi connectivity index (χ1n) is 8.38. The zero-order valence-corrected chi connectivity index (χ0v) is 15.4. The van der Waals surface area contributed by atoms with Crippen LogP contribution in [0.15, 0.2) is 48.5 Å². The molecule has 0 aliphatic heterocycles. The highest BCUT2D eigenvalue weighted by Crippen LogP contribution is 2.18. The highest BCUT2D eigenvalue weighted by atomic mass is 19.3. The van der Waals surface area contributed by atoms with Gasteiger partial charge in [0.1, 0.15) is 5.75 Å². The van der Waals surface area contributed by atoms with Crippen molar-refractivity contribution < 1.29 is 23.1 Å². The number of hydrogen-bond acceptors (Lipinski definition) is 3. The fourth-order valence-corrected chi connectivity index (χ4v) is 2.13. The molecule has 0 fully saturated rings. The number of hydrogen-bond donors (Lipinski definition) is 2. The van der Waals surface area contributed by atoms with Crippen LogP contribution in [0, 0.1) is 5.41 Å². The maximum absolute atomic E-state index is 12.3. The largest absolute Gasteiger partial charge is 0.435 e. The lowest BCUT2D eigenvalue weighted by molar-refractivity contribution is -0.123. The second-order valence-electron chi connectivity index (χ2n) is 6.99. The van der Waals surface area contributed by atoms with Gasteiger partial charge in [-0.1, -0.05) is 39.0 Å². The molecule has 0 aromatic heterocycles. The van der Waals surface area contributed by atoms with Crippen LogP contribution in [0.3, 0.4) is 0 Å². The van der Waals surface area contributed by atoms with Gasteiger partial charge in [-0.05, 0) is 35.9 Å². The number of carbonyl (C=O) groups excluding carboxylic acids is 2. The van der Waals surface area contributed by atoms with Gasteiger partial charge in [0.05, 0.1) is 0 Å². The molecule has 5 nitrogen and oxygen atoms in total. The number of rotatable bonds is 6. The molecule has 2 aromatic carbocycles. The van der Waals surface area contributed by atoms with Gasteiger partial charge in [-0.25, -0.2) is 0 Å². The standard InChI is InChI=1S/C20H22F2N2O3/c1-20(2,3)18(26)24-15-6-4-5-14(11-15)17(25)23-12-13-7-9-16(10-8-13)27-19(21)22/h4-11,19H,12H2,1-3H3,(H,23,25)(H,24,26). The maximum Gasteiger partial charge on any atom is 0.387 e. The average molecular weight is 376 g/mol.